The number of aromatic nitrogens is 1. The Morgan fingerprint density at radius 3 is 2.52 bits per heavy atom. The number of hydrogen-bond donors (Lipinski definition) is 2. The van der Waals surface area contributed by atoms with E-state index in [1.54, 1.807) is 24.3 Å². The van der Waals surface area contributed by atoms with E-state index in [1.807, 2.05) is 0 Å². The molecule has 0 spiro atoms. The Hall–Kier alpha value is -2.48. The highest BCUT2D eigenvalue weighted by molar-refractivity contribution is 6.04. The van der Waals surface area contributed by atoms with Crippen LogP contribution < -0.4 is 10.6 Å². The van der Waals surface area contributed by atoms with Crippen LogP contribution in [-0.2, 0) is 12.6 Å². The minimum atomic E-state index is -4.61. The zero-order valence-electron chi connectivity index (χ0n) is 13.0. The second-order valence-corrected chi connectivity index (χ2v) is 5.81. The van der Waals surface area contributed by atoms with E-state index >= 15 is 0 Å². The molecule has 2 heterocycles. The van der Waals surface area contributed by atoms with Crippen LogP contribution in [0.5, 0.6) is 0 Å². The molecule has 0 saturated carbocycles. The number of anilines is 1. The quantitative estimate of drug-likeness (QED) is 0.830. The zero-order valence-corrected chi connectivity index (χ0v) is 13.0. The number of nitrogens with zero attached hydrogens (tertiary/aromatic N) is 1. The Labute approximate surface area is 141 Å². The average molecular weight is 353 g/mol. The van der Waals surface area contributed by atoms with Crippen LogP contribution in [0, 0.1) is 0 Å². The van der Waals surface area contributed by atoms with Crippen LogP contribution in [0.25, 0.3) is 0 Å². The van der Waals surface area contributed by atoms with Gasteiger partial charge < -0.3 is 10.6 Å². The van der Waals surface area contributed by atoms with Crippen molar-refractivity contribution in [1.82, 2.24) is 10.3 Å². The topological polar surface area (TPSA) is 54.0 Å². The van der Waals surface area contributed by atoms with Crippen molar-refractivity contribution in [3.8, 4) is 0 Å². The summed E-state index contributed by atoms with van der Waals surface area (Å²) >= 11 is 0. The number of rotatable bonds is 4. The van der Waals surface area contributed by atoms with E-state index < -0.39 is 23.9 Å². The predicted molar refractivity (Wildman–Crippen MR) is 84.0 cm³/mol. The maximum absolute atomic E-state index is 13.2. The second kappa shape index (κ2) is 6.79. The molecule has 0 aliphatic carbocycles. The first-order chi connectivity index (χ1) is 11.8. The van der Waals surface area contributed by atoms with E-state index in [1.165, 1.54) is 6.07 Å². The number of halogens is 4. The molecule has 25 heavy (non-hydrogen) atoms. The van der Waals surface area contributed by atoms with E-state index in [0.29, 0.717) is 24.7 Å². The van der Waals surface area contributed by atoms with Crippen LogP contribution in [0.4, 0.5) is 23.2 Å². The van der Waals surface area contributed by atoms with E-state index in [-0.39, 0.29) is 11.6 Å². The van der Waals surface area contributed by atoms with Gasteiger partial charge in [0.05, 0.1) is 0 Å². The van der Waals surface area contributed by atoms with Gasteiger partial charge in [0.25, 0.3) is 5.91 Å². The molecule has 1 aliphatic rings. The summed E-state index contributed by atoms with van der Waals surface area (Å²) in [6, 6.07) is 8.47. The number of carbonyl (C=O) groups is 1. The van der Waals surface area contributed by atoms with Gasteiger partial charge in [0.1, 0.15) is 11.9 Å². The fourth-order valence-electron chi connectivity index (χ4n) is 2.48. The van der Waals surface area contributed by atoms with Crippen LogP contribution in [0.15, 0.2) is 42.6 Å². The normalized spacial score (nSPS) is 20.0. The molecule has 2 N–H and O–H groups in total. The lowest BCUT2D eigenvalue weighted by Gasteiger charge is -2.32. The molecule has 3 rings (SSSR count). The first-order valence-corrected chi connectivity index (χ1v) is 7.64. The lowest BCUT2D eigenvalue weighted by molar-refractivity contribution is -0.141. The third kappa shape index (κ3) is 4.14. The molecule has 2 aromatic rings. The van der Waals surface area contributed by atoms with Gasteiger partial charge in [0, 0.05) is 30.0 Å². The van der Waals surface area contributed by atoms with E-state index in [2.05, 4.69) is 15.6 Å². The van der Waals surface area contributed by atoms with E-state index in [4.69, 9.17) is 0 Å². The van der Waals surface area contributed by atoms with Crippen molar-refractivity contribution in [2.24, 2.45) is 0 Å². The molecule has 0 radical (unpaired) electrons. The summed E-state index contributed by atoms with van der Waals surface area (Å²) in [5.74, 6) is -0.662. The fourth-order valence-corrected chi connectivity index (χ4v) is 2.48. The highest BCUT2D eigenvalue weighted by atomic mass is 19.4. The SMILES string of the molecule is O=C(Nc1ccc(C[C@@H]2NC[C@@H]2F)cc1)c1ccnc(C(F)(F)F)c1. The monoisotopic (exact) mass is 353 g/mol. The van der Waals surface area contributed by atoms with Crippen molar-refractivity contribution < 1.29 is 22.4 Å². The Morgan fingerprint density at radius 1 is 1.24 bits per heavy atom. The van der Waals surface area contributed by atoms with E-state index in [0.717, 1.165) is 11.8 Å². The molecule has 1 aromatic carbocycles. The number of alkyl halides is 4. The summed E-state index contributed by atoms with van der Waals surface area (Å²) in [7, 11) is 0. The van der Waals surface area contributed by atoms with Crippen molar-refractivity contribution in [3.05, 3.63) is 59.4 Å². The molecule has 4 nitrogen and oxygen atoms in total. The standard InChI is InChI=1S/C17H15F4N3O/c18-13-9-23-14(13)7-10-1-3-12(4-2-10)24-16(25)11-5-6-22-15(8-11)17(19,20)21/h1-6,8,13-14,23H,7,9H2,(H,24,25)/t13-,14-/m0/s1. The van der Waals surface area contributed by atoms with E-state index in [9.17, 15) is 22.4 Å². The summed E-state index contributed by atoms with van der Waals surface area (Å²) in [5, 5.41) is 5.52. The van der Waals surface area contributed by atoms with Crippen molar-refractivity contribution in [1.29, 1.82) is 0 Å². The van der Waals surface area contributed by atoms with Crippen LogP contribution in [0.3, 0.4) is 0 Å². The largest absolute Gasteiger partial charge is 0.433 e. The number of benzene rings is 1. The molecule has 2 atom stereocenters. The summed E-state index contributed by atoms with van der Waals surface area (Å²) in [6.45, 7) is 0.366. The molecule has 0 bridgehead atoms. The van der Waals surface area contributed by atoms with Gasteiger partial charge in [-0.2, -0.15) is 13.2 Å². The lowest BCUT2D eigenvalue weighted by Crippen LogP contribution is -2.55. The minimum absolute atomic E-state index is 0.134. The number of hydrogen-bond acceptors (Lipinski definition) is 3. The molecular weight excluding hydrogens is 338 g/mol. The van der Waals surface area contributed by atoms with Gasteiger partial charge in [0.15, 0.2) is 0 Å². The highest BCUT2D eigenvalue weighted by Crippen LogP contribution is 2.28. The number of carbonyl (C=O) groups excluding carboxylic acids is 1. The van der Waals surface area contributed by atoms with Gasteiger partial charge in [-0.1, -0.05) is 12.1 Å². The van der Waals surface area contributed by atoms with Gasteiger partial charge in [-0.3, -0.25) is 9.78 Å². The molecular formula is C17H15F4N3O. The number of amides is 1. The summed E-state index contributed by atoms with van der Waals surface area (Å²) in [5.41, 5.74) is 0.0909. The molecule has 1 aliphatic heterocycles. The predicted octanol–water partition coefficient (Wildman–Crippen LogP) is 3.21. The van der Waals surface area contributed by atoms with Crippen LogP contribution in [0.1, 0.15) is 21.6 Å². The molecule has 0 unspecified atom stereocenters. The Kier molecular flexibility index (Phi) is 4.71. The first kappa shape index (κ1) is 17.3. The van der Waals surface area contributed by atoms with Crippen molar-refractivity contribution in [2.45, 2.75) is 24.8 Å². The van der Waals surface area contributed by atoms with Crippen LogP contribution >= 0.6 is 0 Å². The van der Waals surface area contributed by atoms with Gasteiger partial charge in [-0.15, -0.1) is 0 Å². The minimum Gasteiger partial charge on any atom is -0.322 e. The lowest BCUT2D eigenvalue weighted by atomic mass is 9.96. The Morgan fingerprint density at radius 2 is 1.96 bits per heavy atom. The molecule has 132 valence electrons. The molecule has 1 saturated heterocycles. The molecule has 1 amide bonds. The molecule has 8 heteroatoms. The third-order valence-corrected chi connectivity index (χ3v) is 3.99. The van der Waals surface area contributed by atoms with Crippen LogP contribution in [-0.4, -0.2) is 29.6 Å². The van der Waals surface area contributed by atoms with Gasteiger partial charge in [-0.25, -0.2) is 4.39 Å². The maximum Gasteiger partial charge on any atom is 0.433 e. The highest BCUT2D eigenvalue weighted by Gasteiger charge is 2.33. The first-order valence-electron chi connectivity index (χ1n) is 7.64. The summed E-state index contributed by atoms with van der Waals surface area (Å²) in [4.78, 5) is 15.3. The smallest absolute Gasteiger partial charge is 0.322 e. The third-order valence-electron chi connectivity index (χ3n) is 3.99. The molecule has 1 fully saturated rings. The van der Waals surface area contributed by atoms with Crippen molar-refractivity contribution in [3.63, 3.8) is 0 Å². The van der Waals surface area contributed by atoms with Crippen molar-refractivity contribution in [2.75, 3.05) is 11.9 Å². The fraction of sp³-hybridized carbons (Fsp3) is 0.294. The van der Waals surface area contributed by atoms with Gasteiger partial charge in [-0.05, 0) is 36.2 Å². The van der Waals surface area contributed by atoms with Crippen LogP contribution in [0.2, 0.25) is 0 Å². The zero-order chi connectivity index (χ0) is 18.0. The summed E-state index contributed by atoms with van der Waals surface area (Å²) in [6.07, 6.45) is -3.98. The average Bonchev–Trinajstić information content (AvgIpc) is 2.59. The number of nitrogens with one attached hydrogen (secondary N) is 2. The van der Waals surface area contributed by atoms with Crippen molar-refractivity contribution >= 4 is 11.6 Å². The maximum atomic E-state index is 13.2. The molecule has 1 aromatic heterocycles. The number of pyridine rings is 1. The summed E-state index contributed by atoms with van der Waals surface area (Å²) < 4.78 is 51.1. The Bertz CT molecular complexity index is 761. The van der Waals surface area contributed by atoms with Gasteiger partial charge in [0.2, 0.25) is 0 Å². The second-order valence-electron chi connectivity index (χ2n) is 5.81. The Balaban J connectivity index is 1.65. The van der Waals surface area contributed by atoms with Gasteiger partial charge >= 0.3 is 6.18 Å².